The van der Waals surface area contributed by atoms with Crippen LogP contribution in [0.2, 0.25) is 0 Å². The summed E-state index contributed by atoms with van der Waals surface area (Å²) < 4.78 is 0. The molecule has 0 saturated heterocycles. The van der Waals surface area contributed by atoms with Crippen molar-refractivity contribution in [1.29, 1.82) is 0 Å². The summed E-state index contributed by atoms with van der Waals surface area (Å²) in [5, 5.41) is 2.47. The van der Waals surface area contributed by atoms with Gasteiger partial charge in [0.2, 0.25) is 0 Å². The van der Waals surface area contributed by atoms with Crippen molar-refractivity contribution < 1.29 is 0 Å². The number of rotatable bonds is 3. The van der Waals surface area contributed by atoms with E-state index in [4.69, 9.17) is 11.5 Å². The first-order chi connectivity index (χ1) is 10.2. The van der Waals surface area contributed by atoms with E-state index in [-0.39, 0.29) is 0 Å². The van der Waals surface area contributed by atoms with Crippen LogP contribution in [0.15, 0.2) is 60.7 Å². The van der Waals surface area contributed by atoms with Crippen LogP contribution in [0.1, 0.15) is 6.92 Å². The highest BCUT2D eigenvalue weighted by molar-refractivity contribution is 5.96. The number of benzene rings is 3. The third kappa shape index (κ3) is 2.38. The predicted octanol–water partition coefficient (Wildman–Crippen LogP) is 4.16. The van der Waals surface area contributed by atoms with E-state index >= 15 is 0 Å². The lowest BCUT2D eigenvalue weighted by Gasteiger charge is -2.25. The lowest BCUT2D eigenvalue weighted by molar-refractivity contribution is 1.03. The van der Waals surface area contributed by atoms with Crippen molar-refractivity contribution in [2.75, 3.05) is 22.9 Å². The standard InChI is InChI=1S/C18H19N3/c1-2-21(14-10-11-16(19)17(20)12-14)18-9-5-7-13-6-3-4-8-15(13)18/h3-12H,2,19-20H2,1H3. The summed E-state index contributed by atoms with van der Waals surface area (Å²) in [6, 6.07) is 20.6. The molecular formula is C18H19N3. The van der Waals surface area contributed by atoms with Crippen molar-refractivity contribution in [3.63, 3.8) is 0 Å². The molecule has 3 nitrogen and oxygen atoms in total. The minimum absolute atomic E-state index is 0.617. The molecule has 0 saturated carbocycles. The van der Waals surface area contributed by atoms with E-state index in [1.807, 2.05) is 18.2 Å². The number of hydrogen-bond acceptors (Lipinski definition) is 3. The largest absolute Gasteiger partial charge is 0.397 e. The molecule has 0 aliphatic rings. The smallest absolute Gasteiger partial charge is 0.0568 e. The van der Waals surface area contributed by atoms with Gasteiger partial charge >= 0.3 is 0 Å². The van der Waals surface area contributed by atoms with E-state index in [0.29, 0.717) is 11.4 Å². The second kappa shape index (κ2) is 5.37. The number of anilines is 4. The minimum atomic E-state index is 0.617. The first-order valence-corrected chi connectivity index (χ1v) is 7.11. The molecule has 0 spiro atoms. The van der Waals surface area contributed by atoms with E-state index in [9.17, 15) is 0 Å². The molecule has 0 aliphatic heterocycles. The van der Waals surface area contributed by atoms with Gasteiger partial charge < -0.3 is 16.4 Å². The molecule has 0 atom stereocenters. The lowest BCUT2D eigenvalue weighted by Crippen LogP contribution is -2.16. The van der Waals surface area contributed by atoms with E-state index in [2.05, 4.69) is 54.3 Å². The van der Waals surface area contributed by atoms with Crippen LogP contribution in [-0.4, -0.2) is 6.54 Å². The Balaban J connectivity index is 2.16. The van der Waals surface area contributed by atoms with Crippen molar-refractivity contribution in [1.82, 2.24) is 0 Å². The number of nitrogen functional groups attached to an aromatic ring is 2. The molecule has 3 aromatic carbocycles. The first-order valence-electron chi connectivity index (χ1n) is 7.11. The van der Waals surface area contributed by atoms with Crippen LogP contribution in [0.5, 0.6) is 0 Å². The average molecular weight is 277 g/mol. The minimum Gasteiger partial charge on any atom is -0.397 e. The van der Waals surface area contributed by atoms with Crippen LogP contribution in [0, 0.1) is 0 Å². The zero-order valence-corrected chi connectivity index (χ0v) is 12.1. The fraction of sp³-hybridized carbons (Fsp3) is 0.111. The van der Waals surface area contributed by atoms with E-state index in [0.717, 1.165) is 12.2 Å². The van der Waals surface area contributed by atoms with Crippen molar-refractivity contribution in [3.8, 4) is 0 Å². The maximum absolute atomic E-state index is 5.95. The maximum Gasteiger partial charge on any atom is 0.0568 e. The van der Waals surface area contributed by atoms with Gasteiger partial charge in [-0.05, 0) is 36.6 Å². The summed E-state index contributed by atoms with van der Waals surface area (Å²) in [4.78, 5) is 2.25. The SMILES string of the molecule is CCN(c1ccc(N)c(N)c1)c1cccc2ccccc12. The molecular weight excluding hydrogens is 258 g/mol. The lowest BCUT2D eigenvalue weighted by atomic mass is 10.1. The number of nitrogens with two attached hydrogens (primary N) is 2. The van der Waals surface area contributed by atoms with Crippen LogP contribution in [-0.2, 0) is 0 Å². The topological polar surface area (TPSA) is 55.3 Å². The summed E-state index contributed by atoms with van der Waals surface area (Å²) in [7, 11) is 0. The molecule has 3 rings (SSSR count). The van der Waals surface area contributed by atoms with Gasteiger partial charge in [-0.15, -0.1) is 0 Å². The Labute approximate surface area is 124 Å². The van der Waals surface area contributed by atoms with Gasteiger partial charge in [0.25, 0.3) is 0 Å². The third-order valence-electron chi connectivity index (χ3n) is 3.76. The van der Waals surface area contributed by atoms with Gasteiger partial charge in [-0.2, -0.15) is 0 Å². The molecule has 0 fully saturated rings. The summed E-state index contributed by atoms with van der Waals surface area (Å²) >= 11 is 0. The Morgan fingerprint density at radius 2 is 1.62 bits per heavy atom. The molecule has 0 radical (unpaired) electrons. The van der Waals surface area contributed by atoms with Crippen LogP contribution in [0.3, 0.4) is 0 Å². The first kappa shape index (κ1) is 13.3. The Morgan fingerprint density at radius 3 is 2.38 bits per heavy atom. The van der Waals surface area contributed by atoms with E-state index in [1.165, 1.54) is 16.5 Å². The maximum atomic E-state index is 5.95. The Hall–Kier alpha value is -2.68. The van der Waals surface area contributed by atoms with Crippen molar-refractivity contribution >= 4 is 33.5 Å². The van der Waals surface area contributed by atoms with Gasteiger partial charge in [0, 0.05) is 23.3 Å². The molecule has 4 N–H and O–H groups in total. The average Bonchev–Trinajstić information content (AvgIpc) is 2.52. The van der Waals surface area contributed by atoms with Gasteiger partial charge in [0.1, 0.15) is 0 Å². The van der Waals surface area contributed by atoms with Gasteiger partial charge in [-0.25, -0.2) is 0 Å². The van der Waals surface area contributed by atoms with Crippen molar-refractivity contribution in [2.45, 2.75) is 6.92 Å². The normalized spacial score (nSPS) is 10.7. The number of nitrogens with zero attached hydrogens (tertiary/aromatic N) is 1. The van der Waals surface area contributed by atoms with Gasteiger partial charge in [0.05, 0.1) is 11.4 Å². The number of hydrogen-bond donors (Lipinski definition) is 2. The third-order valence-corrected chi connectivity index (χ3v) is 3.76. The Morgan fingerprint density at radius 1 is 0.857 bits per heavy atom. The van der Waals surface area contributed by atoms with Crippen LogP contribution in [0.4, 0.5) is 22.7 Å². The van der Waals surface area contributed by atoms with Crippen LogP contribution >= 0.6 is 0 Å². The van der Waals surface area contributed by atoms with Crippen LogP contribution < -0.4 is 16.4 Å². The fourth-order valence-corrected chi connectivity index (χ4v) is 2.67. The molecule has 0 heterocycles. The molecule has 21 heavy (non-hydrogen) atoms. The predicted molar refractivity (Wildman–Crippen MR) is 91.9 cm³/mol. The summed E-state index contributed by atoms with van der Waals surface area (Å²) in [6.07, 6.45) is 0. The molecule has 0 aliphatic carbocycles. The highest BCUT2D eigenvalue weighted by atomic mass is 15.1. The van der Waals surface area contributed by atoms with Crippen molar-refractivity contribution in [2.24, 2.45) is 0 Å². The van der Waals surface area contributed by atoms with E-state index < -0.39 is 0 Å². The van der Waals surface area contributed by atoms with Gasteiger partial charge in [-0.3, -0.25) is 0 Å². The molecule has 0 unspecified atom stereocenters. The summed E-state index contributed by atoms with van der Waals surface area (Å²) in [5.74, 6) is 0. The van der Waals surface area contributed by atoms with Crippen LogP contribution in [0.25, 0.3) is 10.8 Å². The van der Waals surface area contributed by atoms with Crippen molar-refractivity contribution in [3.05, 3.63) is 60.7 Å². The second-order valence-electron chi connectivity index (χ2n) is 5.06. The molecule has 106 valence electrons. The van der Waals surface area contributed by atoms with E-state index in [1.54, 1.807) is 0 Å². The molecule has 0 aromatic heterocycles. The highest BCUT2D eigenvalue weighted by Crippen LogP contribution is 2.33. The fourth-order valence-electron chi connectivity index (χ4n) is 2.67. The summed E-state index contributed by atoms with van der Waals surface area (Å²) in [5.41, 5.74) is 15.2. The molecule has 0 bridgehead atoms. The monoisotopic (exact) mass is 277 g/mol. The molecule has 0 amide bonds. The zero-order valence-electron chi connectivity index (χ0n) is 12.1. The van der Waals surface area contributed by atoms with Gasteiger partial charge in [0.15, 0.2) is 0 Å². The zero-order chi connectivity index (χ0) is 14.8. The molecule has 3 heteroatoms. The Bertz CT molecular complexity index is 775. The summed E-state index contributed by atoms with van der Waals surface area (Å²) in [6.45, 7) is 2.99. The molecule has 3 aromatic rings. The Kier molecular flexibility index (Phi) is 3.40. The number of fused-ring (bicyclic) bond motifs is 1. The van der Waals surface area contributed by atoms with Gasteiger partial charge in [-0.1, -0.05) is 36.4 Å². The highest BCUT2D eigenvalue weighted by Gasteiger charge is 2.11. The quantitative estimate of drug-likeness (QED) is 0.707. The second-order valence-corrected chi connectivity index (χ2v) is 5.06.